The van der Waals surface area contributed by atoms with Gasteiger partial charge in [-0.3, -0.25) is 9.18 Å². The molecule has 16 heavy (non-hydrogen) atoms. The van der Waals surface area contributed by atoms with Gasteiger partial charge in [-0.2, -0.15) is 0 Å². The quantitative estimate of drug-likeness (QED) is 0.753. The highest BCUT2D eigenvalue weighted by Gasteiger charge is 2.40. The molecule has 94 valence electrons. The Bertz CT molecular complexity index is 220. The highest BCUT2D eigenvalue weighted by Crippen LogP contribution is 2.43. The van der Waals surface area contributed by atoms with Crippen LogP contribution in [0.2, 0.25) is 0 Å². The molecule has 0 unspecified atom stereocenters. The molecule has 0 aromatic heterocycles. The van der Waals surface area contributed by atoms with Gasteiger partial charge in [0.2, 0.25) is 0 Å². The van der Waals surface area contributed by atoms with Crippen molar-refractivity contribution in [1.82, 2.24) is 0 Å². The summed E-state index contributed by atoms with van der Waals surface area (Å²) < 4.78 is 12.2. The van der Waals surface area contributed by atoms with Gasteiger partial charge in [-0.25, -0.2) is 0 Å². The van der Waals surface area contributed by atoms with E-state index in [4.69, 9.17) is 0 Å². The molecule has 3 heteroatoms. The first-order valence-electron chi connectivity index (χ1n) is 6.44. The van der Waals surface area contributed by atoms with Crippen molar-refractivity contribution in [2.75, 3.05) is 6.67 Å². The second-order valence-corrected chi connectivity index (χ2v) is 5.11. The van der Waals surface area contributed by atoms with Crippen LogP contribution in [0.5, 0.6) is 0 Å². The van der Waals surface area contributed by atoms with E-state index < -0.39 is 18.1 Å². The van der Waals surface area contributed by atoms with E-state index >= 15 is 0 Å². The van der Waals surface area contributed by atoms with Crippen molar-refractivity contribution >= 4 is 5.97 Å². The van der Waals surface area contributed by atoms with Crippen LogP contribution >= 0.6 is 0 Å². The fourth-order valence-electron chi connectivity index (χ4n) is 2.90. The largest absolute Gasteiger partial charge is 0.481 e. The molecule has 1 fully saturated rings. The summed E-state index contributed by atoms with van der Waals surface area (Å²) in [6.07, 6.45) is 6.79. The Morgan fingerprint density at radius 3 is 2.50 bits per heavy atom. The van der Waals surface area contributed by atoms with Crippen LogP contribution in [-0.4, -0.2) is 17.8 Å². The van der Waals surface area contributed by atoms with Gasteiger partial charge in [-0.1, -0.05) is 19.8 Å². The lowest BCUT2D eigenvalue weighted by molar-refractivity contribution is -0.152. The lowest BCUT2D eigenvalue weighted by atomic mass is 9.67. The molecule has 0 aliphatic heterocycles. The van der Waals surface area contributed by atoms with E-state index in [9.17, 15) is 14.3 Å². The monoisotopic (exact) mass is 230 g/mol. The van der Waals surface area contributed by atoms with Crippen LogP contribution in [0.1, 0.15) is 58.3 Å². The van der Waals surface area contributed by atoms with E-state index in [0.29, 0.717) is 18.8 Å². The summed E-state index contributed by atoms with van der Waals surface area (Å²) in [5, 5.41) is 9.31. The van der Waals surface area contributed by atoms with Crippen molar-refractivity contribution in [3.8, 4) is 0 Å². The van der Waals surface area contributed by atoms with Gasteiger partial charge in [-0.15, -0.1) is 0 Å². The van der Waals surface area contributed by atoms with E-state index in [1.54, 1.807) is 0 Å². The van der Waals surface area contributed by atoms with Crippen LogP contribution in [0, 0.1) is 11.3 Å². The van der Waals surface area contributed by atoms with Crippen molar-refractivity contribution in [3.63, 3.8) is 0 Å². The summed E-state index contributed by atoms with van der Waals surface area (Å²) in [5.41, 5.74) is -0.615. The number of carboxylic acids is 1. The molecule has 0 saturated heterocycles. The fourth-order valence-corrected chi connectivity index (χ4v) is 2.90. The lowest BCUT2D eigenvalue weighted by Gasteiger charge is -2.36. The number of carbonyl (C=O) groups is 1. The predicted molar refractivity (Wildman–Crippen MR) is 62.1 cm³/mol. The molecule has 0 atom stereocenters. The van der Waals surface area contributed by atoms with Crippen LogP contribution in [0.25, 0.3) is 0 Å². The maximum absolute atomic E-state index is 12.2. The highest BCUT2D eigenvalue weighted by atomic mass is 19.1. The predicted octanol–water partition coefficient (Wildman–Crippen LogP) is 3.80. The number of aliphatic carboxylic acids is 1. The molecular weight excluding hydrogens is 207 g/mol. The zero-order valence-electron chi connectivity index (χ0n) is 10.2. The van der Waals surface area contributed by atoms with Crippen LogP contribution < -0.4 is 0 Å². The molecule has 0 amide bonds. The Balaban J connectivity index is 2.52. The van der Waals surface area contributed by atoms with Gasteiger partial charge < -0.3 is 5.11 Å². The summed E-state index contributed by atoms with van der Waals surface area (Å²) in [7, 11) is 0. The SMILES string of the molecule is CCCC1CCC(CCCF)(C(=O)O)CC1. The van der Waals surface area contributed by atoms with E-state index in [-0.39, 0.29) is 0 Å². The summed E-state index contributed by atoms with van der Waals surface area (Å²) in [4.78, 5) is 11.3. The molecule has 2 nitrogen and oxygen atoms in total. The van der Waals surface area contributed by atoms with Gasteiger partial charge in [0, 0.05) is 0 Å². The zero-order valence-corrected chi connectivity index (χ0v) is 10.2. The lowest BCUT2D eigenvalue weighted by Crippen LogP contribution is -2.35. The molecule has 0 bridgehead atoms. The number of hydrogen-bond donors (Lipinski definition) is 1. The third-order valence-electron chi connectivity index (χ3n) is 4.00. The number of halogens is 1. The summed E-state index contributed by atoms with van der Waals surface area (Å²) >= 11 is 0. The van der Waals surface area contributed by atoms with Crippen molar-refractivity contribution in [3.05, 3.63) is 0 Å². The minimum absolute atomic E-state index is 0.394. The van der Waals surface area contributed by atoms with Crippen molar-refractivity contribution in [2.45, 2.75) is 58.3 Å². The molecule has 0 radical (unpaired) electrons. The molecule has 1 aliphatic carbocycles. The summed E-state index contributed by atoms with van der Waals surface area (Å²) in [6.45, 7) is 1.77. The van der Waals surface area contributed by atoms with Crippen LogP contribution in [0.4, 0.5) is 4.39 Å². The highest BCUT2D eigenvalue weighted by molar-refractivity contribution is 5.74. The average molecular weight is 230 g/mol. The normalized spacial score (nSPS) is 30.2. The minimum Gasteiger partial charge on any atom is -0.481 e. The molecule has 0 aromatic carbocycles. The Kier molecular flexibility index (Phi) is 5.23. The topological polar surface area (TPSA) is 37.3 Å². The van der Waals surface area contributed by atoms with E-state index in [1.165, 1.54) is 12.8 Å². The Hall–Kier alpha value is -0.600. The standard InChI is InChI=1S/C13H23FO2/c1-2-4-11-5-8-13(9-6-11,12(15)16)7-3-10-14/h11H,2-10H2,1H3,(H,15,16). The molecule has 0 aromatic rings. The van der Waals surface area contributed by atoms with Crippen molar-refractivity contribution in [1.29, 1.82) is 0 Å². The smallest absolute Gasteiger partial charge is 0.309 e. The van der Waals surface area contributed by atoms with Gasteiger partial charge >= 0.3 is 5.97 Å². The first-order valence-corrected chi connectivity index (χ1v) is 6.44. The third kappa shape index (κ3) is 3.19. The maximum Gasteiger partial charge on any atom is 0.309 e. The molecule has 1 aliphatic rings. The van der Waals surface area contributed by atoms with Gasteiger partial charge in [0.25, 0.3) is 0 Å². The van der Waals surface area contributed by atoms with E-state index in [0.717, 1.165) is 25.7 Å². The zero-order chi connectivity index (χ0) is 12.0. The molecule has 1 rings (SSSR count). The second-order valence-electron chi connectivity index (χ2n) is 5.11. The number of alkyl halides is 1. The summed E-state index contributed by atoms with van der Waals surface area (Å²) in [5.74, 6) is -0.0150. The Morgan fingerprint density at radius 2 is 2.06 bits per heavy atom. The van der Waals surface area contributed by atoms with Crippen LogP contribution in [0.15, 0.2) is 0 Å². The average Bonchev–Trinajstić information content (AvgIpc) is 2.28. The van der Waals surface area contributed by atoms with Crippen LogP contribution in [-0.2, 0) is 4.79 Å². The third-order valence-corrected chi connectivity index (χ3v) is 4.00. The second kappa shape index (κ2) is 6.21. The molecule has 1 saturated carbocycles. The molecule has 0 spiro atoms. The molecule has 0 heterocycles. The Labute approximate surface area is 97.2 Å². The van der Waals surface area contributed by atoms with Crippen molar-refractivity contribution in [2.24, 2.45) is 11.3 Å². The minimum atomic E-state index is -0.712. The van der Waals surface area contributed by atoms with Gasteiger partial charge in [0.15, 0.2) is 0 Å². The van der Waals surface area contributed by atoms with Crippen LogP contribution in [0.3, 0.4) is 0 Å². The fraction of sp³-hybridized carbons (Fsp3) is 0.923. The maximum atomic E-state index is 12.2. The van der Waals surface area contributed by atoms with Crippen molar-refractivity contribution < 1.29 is 14.3 Å². The number of carboxylic acid groups (broad SMARTS) is 1. The number of hydrogen-bond acceptors (Lipinski definition) is 1. The molecular formula is C13H23FO2. The molecule has 1 N–H and O–H groups in total. The van der Waals surface area contributed by atoms with Gasteiger partial charge in [0.1, 0.15) is 0 Å². The van der Waals surface area contributed by atoms with Gasteiger partial charge in [-0.05, 0) is 44.4 Å². The summed E-state index contributed by atoms with van der Waals surface area (Å²) in [6, 6.07) is 0. The first-order chi connectivity index (χ1) is 7.64. The van der Waals surface area contributed by atoms with E-state index in [1.807, 2.05) is 0 Å². The Morgan fingerprint density at radius 1 is 1.44 bits per heavy atom. The van der Waals surface area contributed by atoms with Gasteiger partial charge in [0.05, 0.1) is 12.1 Å². The first kappa shape index (κ1) is 13.5. The van der Waals surface area contributed by atoms with E-state index in [2.05, 4.69) is 6.92 Å². The number of rotatable bonds is 6.